The zero-order chi connectivity index (χ0) is 93.7. The van der Waals surface area contributed by atoms with E-state index in [1.807, 2.05) is 0 Å². The third-order valence-electron chi connectivity index (χ3n) is 23.4. The fourth-order valence-electron chi connectivity index (χ4n) is 15.3. The van der Waals surface area contributed by atoms with Gasteiger partial charge in [-0.25, -0.2) is 15.0 Å². The lowest BCUT2D eigenvalue weighted by molar-refractivity contribution is -0.282. The predicted octanol–water partition coefficient (Wildman–Crippen LogP) is 0.748. The molecule has 43 nitrogen and oxygen atoms in total. The van der Waals surface area contributed by atoms with Gasteiger partial charge in [-0.3, -0.25) is 47.5 Å². The number of amides is 3. The molecule has 0 aromatic carbocycles. The van der Waals surface area contributed by atoms with Crippen molar-refractivity contribution in [2.24, 2.45) is 17.8 Å². The summed E-state index contributed by atoms with van der Waals surface area (Å²) < 4.78 is 103. The molecular weight excluding hydrogens is 1730 g/mol. The number of anilines is 1. The molecule has 45 heteroatoms. The summed E-state index contributed by atoms with van der Waals surface area (Å²) in [6, 6.07) is -1.21. The Morgan fingerprint density at radius 2 is 0.945 bits per heavy atom. The highest BCUT2D eigenvalue weighted by Crippen LogP contribution is 2.52. The molecule has 7 heterocycles. The van der Waals surface area contributed by atoms with Crippen molar-refractivity contribution in [3.05, 3.63) is 12.7 Å². The first kappa shape index (κ1) is 110. The smallest absolute Gasteiger partial charge is 0.268 e. The number of aliphatic hydroxyl groups excluding tert-OH is 10. The first-order chi connectivity index (χ1) is 61.0. The van der Waals surface area contributed by atoms with E-state index >= 15 is 0 Å². The van der Waals surface area contributed by atoms with Gasteiger partial charge in [0.15, 0.2) is 36.6 Å². The molecule has 5 aliphatic heterocycles. The molecule has 0 spiro atoms. The van der Waals surface area contributed by atoms with Crippen LogP contribution in [0.1, 0.15) is 221 Å². The van der Waals surface area contributed by atoms with Gasteiger partial charge in [-0.1, -0.05) is 47.5 Å². The fourth-order valence-corrected chi connectivity index (χ4v) is 17.0. The maximum atomic E-state index is 14.6. The van der Waals surface area contributed by atoms with E-state index in [1.165, 1.54) is 24.7 Å². The molecule has 0 radical (unpaired) electrons. The highest BCUT2D eigenvalue weighted by molar-refractivity contribution is 7.52. The Hall–Kier alpha value is -5.43. The molecule has 0 bridgehead atoms. The lowest BCUT2D eigenvalue weighted by Gasteiger charge is -2.40. The number of β-amino-alcohol motifs (C(OH)–C–C–N with tert-alkyl or cyclic N) is 1. The molecule has 5 aliphatic rings. The second-order valence-corrected chi connectivity index (χ2v) is 37.9. The number of aliphatic hydroxyl groups is 10. The molecule has 2 aromatic heterocycles. The lowest BCUT2D eigenvalue weighted by atomic mass is 9.92. The maximum Gasteiger partial charge on any atom is 0.268 e. The minimum absolute atomic E-state index is 0.000254. The van der Waals surface area contributed by atoms with E-state index in [4.69, 9.17) is 66.7 Å². The van der Waals surface area contributed by atoms with Gasteiger partial charge < -0.3 is 148 Å². The van der Waals surface area contributed by atoms with E-state index in [0.717, 1.165) is 11.2 Å². The number of likely N-dealkylation sites (tertiary alicyclic amines) is 1. The van der Waals surface area contributed by atoms with Crippen LogP contribution in [0.2, 0.25) is 0 Å². The standard InChI is InChI=1S/C83H140N8O35P2/c1-51(2)127(110,111)126-82-62(39-69(124-82)91-50-88-70-77(84)86-49-87-78(70)91)125-128(112,113)120-45-55-38-61(100)41-90(55)68(103)40-67(102)89-83(46-114-35-28-59(98)22-10-6-8-20-56(95)25-13-17-32-117-79-52(3)71(104)74(107)63(42-92)121-79,47-115-36-29-60(99)23-11-7-9-21-57(96)26-14-18-33-118-80-53(4)72(105)75(108)64(43-93)122-80)48-116-37-30-66(101)85-31-16-12-24-58(97)27-15-19-34-119-81-54(5)73(106)76(109)65(44-94)123-81/h49-55,61-65,69,71-76,79-82,92-94,100,104-109H,6-48H2,1-5H3,(H,85,101)(H,89,102)(H,110,111)(H,112,113)(H2,84,86,87)/p-2/t52?,53?,54?,55-,61+,62-,63?,64?,65?,69+,71+,72+,73+,74-,75-,76-,79+,80+,81+,82+,83?/m0/s1. The number of phosphoric acid groups is 1. The number of carbonyl (C=O) groups is 8. The Balaban J connectivity index is 0.951. The molecule has 5 fully saturated rings. The SMILES string of the molecule is CC1[C@H](OCCCCC(=O)CCCCCC(=O)CCOCC(COCCC(=O)CCCCCC(=O)CCCCO[C@@H]2OC(CO)[C@H](O)[C@H](O)C2C)(COCCC(=O)NCCCCC(=O)CCCCO[C@@H]2OC(CO)[C@H](O)[C@H](O)C2C)NC(=O)CC(=O)N2C[C@H](O)C[C@H]2COP(=O)([O-])O[C@H]2C[C@H](n3cnc4c(N)ncnc43)O[C@@H]2OP(=O)([O-])C(C)C)OC(CO)[C@H](O)[C@@H]1O. The van der Waals surface area contributed by atoms with Gasteiger partial charge in [0.05, 0.1) is 103 Å². The molecule has 7 rings (SSSR count). The van der Waals surface area contributed by atoms with Gasteiger partial charge in [-0.2, -0.15) is 0 Å². The number of ether oxygens (including phenoxy) is 10. The number of nitrogens with zero attached hydrogens (tertiary/aromatic N) is 5. The summed E-state index contributed by atoms with van der Waals surface area (Å²) in [6.45, 7) is 3.76. The Morgan fingerprint density at radius 1 is 0.523 bits per heavy atom. The molecule has 22 atom stereocenters. The van der Waals surface area contributed by atoms with Crippen molar-refractivity contribution in [3.63, 3.8) is 0 Å². The number of hydrogen-bond donors (Lipinski definition) is 13. The normalized spacial score (nSPS) is 28.2. The highest BCUT2D eigenvalue weighted by atomic mass is 31.2. The van der Waals surface area contributed by atoms with E-state index < -0.39 is 226 Å². The van der Waals surface area contributed by atoms with Crippen LogP contribution in [0.15, 0.2) is 12.7 Å². The minimum atomic E-state index is -5.52. The third-order valence-corrected chi connectivity index (χ3v) is 26.1. The number of fused-ring (bicyclic) bond motifs is 1. The second-order valence-electron chi connectivity index (χ2n) is 34.2. The summed E-state index contributed by atoms with van der Waals surface area (Å²) in [5.74, 6) is -4.31. The number of rotatable bonds is 65. The Morgan fingerprint density at radius 3 is 1.38 bits per heavy atom. The quantitative estimate of drug-likeness (QED) is 0.0247. The lowest BCUT2D eigenvalue weighted by Crippen LogP contribution is -2.59. The number of nitrogen functional groups attached to an aromatic ring is 1. The number of ketones is 5. The molecule has 732 valence electrons. The van der Waals surface area contributed by atoms with Crippen LogP contribution in [-0.2, 0) is 108 Å². The van der Waals surface area contributed by atoms with Crippen molar-refractivity contribution in [1.29, 1.82) is 0 Å². The van der Waals surface area contributed by atoms with E-state index in [1.54, 1.807) is 20.8 Å². The van der Waals surface area contributed by atoms with Gasteiger partial charge in [0, 0.05) is 133 Å². The molecule has 0 aliphatic carbocycles. The summed E-state index contributed by atoms with van der Waals surface area (Å²) in [5.41, 5.74) is 3.47. The number of nitrogens with two attached hydrogens (primary N) is 1. The summed E-state index contributed by atoms with van der Waals surface area (Å²) in [7, 11) is -10.2. The Bertz CT molecular complexity index is 3600. The maximum absolute atomic E-state index is 14.6. The largest absolute Gasteiger partial charge is 0.778 e. The van der Waals surface area contributed by atoms with Gasteiger partial charge in [-0.15, -0.1) is 0 Å². The number of Topliss-reactive ketones (excluding diaryl/α,β-unsaturated/α-hetero) is 5. The van der Waals surface area contributed by atoms with Crippen LogP contribution in [0.4, 0.5) is 5.82 Å². The summed E-state index contributed by atoms with van der Waals surface area (Å²) in [5, 5.41) is 107. The average molecular weight is 1870 g/mol. The number of unbranched alkanes of at least 4 members (excludes halogenated alkanes) is 8. The van der Waals surface area contributed by atoms with E-state index in [-0.39, 0.29) is 176 Å². The summed E-state index contributed by atoms with van der Waals surface area (Å²) in [4.78, 5) is 148. The topological polar surface area (TPSA) is 636 Å². The van der Waals surface area contributed by atoms with Crippen LogP contribution in [0.5, 0.6) is 0 Å². The van der Waals surface area contributed by atoms with Gasteiger partial charge in [0.2, 0.25) is 17.7 Å². The van der Waals surface area contributed by atoms with Crippen molar-refractivity contribution >= 4 is 79.0 Å². The van der Waals surface area contributed by atoms with Crippen molar-refractivity contribution in [2.75, 3.05) is 105 Å². The monoisotopic (exact) mass is 1870 g/mol. The van der Waals surface area contributed by atoms with Gasteiger partial charge in [-0.05, 0) is 83.5 Å². The Kier molecular flexibility index (Phi) is 48.0. The number of imidazole rings is 1. The third kappa shape index (κ3) is 36.1. The molecule has 5 saturated heterocycles. The van der Waals surface area contributed by atoms with Crippen LogP contribution in [0.25, 0.3) is 11.2 Å². The van der Waals surface area contributed by atoms with Gasteiger partial charge in [0.25, 0.3) is 7.82 Å². The molecule has 8 unspecified atom stereocenters. The minimum Gasteiger partial charge on any atom is -0.778 e. The van der Waals surface area contributed by atoms with Gasteiger partial charge in [0.1, 0.15) is 109 Å². The van der Waals surface area contributed by atoms with Crippen molar-refractivity contribution in [2.45, 2.75) is 330 Å². The summed E-state index contributed by atoms with van der Waals surface area (Å²) in [6.07, 6.45) is -9.26. The molecular formula is C83H138N8O35P2-2. The second kappa shape index (κ2) is 56.0. The van der Waals surface area contributed by atoms with Crippen LogP contribution in [0, 0.1) is 17.8 Å². The van der Waals surface area contributed by atoms with Crippen molar-refractivity contribution in [1.82, 2.24) is 35.1 Å². The molecule has 14 N–H and O–H groups in total. The van der Waals surface area contributed by atoms with E-state index in [0.29, 0.717) is 89.9 Å². The number of aromatic nitrogens is 4. The van der Waals surface area contributed by atoms with Crippen LogP contribution in [-0.4, -0.2) is 331 Å². The fraction of sp³-hybridized carbons (Fsp3) is 0.843. The number of carbonyl (C=O) groups excluding carboxylic acids is 8. The first-order valence-corrected chi connectivity index (χ1v) is 47.9. The highest BCUT2D eigenvalue weighted by Gasteiger charge is 2.48. The van der Waals surface area contributed by atoms with Gasteiger partial charge >= 0.3 is 0 Å². The van der Waals surface area contributed by atoms with E-state index in [9.17, 15) is 108 Å². The predicted molar refractivity (Wildman–Crippen MR) is 447 cm³/mol. The number of phosphoric ester groups is 1. The summed E-state index contributed by atoms with van der Waals surface area (Å²) >= 11 is 0. The molecule has 3 amide bonds. The first-order valence-electron chi connectivity index (χ1n) is 44.8. The van der Waals surface area contributed by atoms with Crippen LogP contribution < -0.4 is 26.2 Å². The number of hydrogen-bond acceptors (Lipinski definition) is 39. The number of nitrogens with one attached hydrogen (secondary N) is 2. The van der Waals surface area contributed by atoms with Crippen LogP contribution in [0.3, 0.4) is 0 Å². The van der Waals surface area contributed by atoms with E-state index in [2.05, 4.69) is 25.6 Å². The molecule has 0 saturated carbocycles. The molecule has 2 aromatic rings. The average Bonchev–Trinajstić information content (AvgIpc) is 1.62. The van der Waals surface area contributed by atoms with Crippen molar-refractivity contribution < 1.29 is 169 Å². The van der Waals surface area contributed by atoms with Crippen molar-refractivity contribution in [3.8, 4) is 0 Å². The van der Waals surface area contributed by atoms with Crippen LogP contribution >= 0.6 is 15.4 Å². The Labute approximate surface area is 745 Å². The zero-order valence-corrected chi connectivity index (χ0v) is 75.9. The zero-order valence-electron chi connectivity index (χ0n) is 74.1. The molecule has 128 heavy (non-hydrogen) atoms.